The van der Waals surface area contributed by atoms with Gasteiger partial charge in [-0.1, -0.05) is 22.1 Å². The summed E-state index contributed by atoms with van der Waals surface area (Å²) in [6.07, 6.45) is 3.19. The summed E-state index contributed by atoms with van der Waals surface area (Å²) in [6, 6.07) is 11.1. The van der Waals surface area contributed by atoms with Crippen molar-refractivity contribution in [2.45, 2.75) is 23.1 Å². The molecule has 0 saturated heterocycles. The van der Waals surface area contributed by atoms with Gasteiger partial charge in [0, 0.05) is 9.37 Å². The SMILES string of the molecule is Nc1nc[n+](CCn2cnc3ccccc3c2=O)c2nc(Sc3cc4c(cc3Br)OCO4)[nH]c12. The quantitative estimate of drug-likeness (QED) is 0.327. The van der Waals surface area contributed by atoms with E-state index in [1.165, 1.54) is 11.8 Å². The van der Waals surface area contributed by atoms with Crippen LogP contribution in [0.2, 0.25) is 0 Å². The minimum atomic E-state index is -0.0863. The molecule has 0 fully saturated rings. The van der Waals surface area contributed by atoms with Crippen LogP contribution in [0.5, 0.6) is 11.5 Å². The van der Waals surface area contributed by atoms with Gasteiger partial charge in [0.05, 0.1) is 30.3 Å². The number of H-pyrrole nitrogens is 1. The van der Waals surface area contributed by atoms with Crippen LogP contribution in [-0.2, 0) is 13.1 Å². The Morgan fingerprint density at radius 3 is 2.91 bits per heavy atom. The molecule has 0 spiro atoms. The minimum absolute atomic E-state index is 0.0863. The first-order valence-corrected chi connectivity index (χ1v) is 11.9. The van der Waals surface area contributed by atoms with Crippen molar-refractivity contribution in [3.8, 4) is 11.5 Å². The van der Waals surface area contributed by atoms with E-state index in [0.717, 1.165) is 9.37 Å². The lowest BCUT2D eigenvalue weighted by Gasteiger charge is -2.06. The maximum absolute atomic E-state index is 12.8. The molecule has 0 amide bonds. The van der Waals surface area contributed by atoms with Crippen LogP contribution in [0.4, 0.5) is 5.82 Å². The van der Waals surface area contributed by atoms with Gasteiger partial charge in [-0.15, -0.1) is 0 Å². The molecule has 0 bridgehead atoms. The average Bonchev–Trinajstić information content (AvgIpc) is 3.47. The predicted octanol–water partition coefficient (Wildman–Crippen LogP) is 2.88. The Labute approximate surface area is 204 Å². The van der Waals surface area contributed by atoms with Crippen molar-refractivity contribution in [2.24, 2.45) is 0 Å². The normalized spacial score (nSPS) is 12.6. The molecule has 6 rings (SSSR count). The van der Waals surface area contributed by atoms with Crippen molar-refractivity contribution < 1.29 is 14.0 Å². The number of rotatable bonds is 5. The van der Waals surface area contributed by atoms with Gasteiger partial charge in [-0.2, -0.15) is 0 Å². The van der Waals surface area contributed by atoms with Crippen LogP contribution < -0.4 is 25.3 Å². The molecule has 3 N–H and O–H groups in total. The van der Waals surface area contributed by atoms with Gasteiger partial charge in [-0.25, -0.2) is 9.55 Å². The van der Waals surface area contributed by atoms with E-state index in [2.05, 4.69) is 30.9 Å². The van der Waals surface area contributed by atoms with Gasteiger partial charge in [0.25, 0.3) is 11.2 Å². The van der Waals surface area contributed by atoms with Crippen LogP contribution in [-0.4, -0.2) is 31.3 Å². The van der Waals surface area contributed by atoms with Crippen LogP contribution >= 0.6 is 27.7 Å². The fourth-order valence-electron chi connectivity index (χ4n) is 3.75. The van der Waals surface area contributed by atoms with Gasteiger partial charge in [0.15, 0.2) is 17.0 Å². The summed E-state index contributed by atoms with van der Waals surface area (Å²) < 4.78 is 15.2. The maximum Gasteiger partial charge on any atom is 0.294 e. The van der Waals surface area contributed by atoms with Gasteiger partial charge >= 0.3 is 0 Å². The summed E-state index contributed by atoms with van der Waals surface area (Å²) >= 11 is 5.01. The van der Waals surface area contributed by atoms with Crippen molar-refractivity contribution in [1.29, 1.82) is 0 Å². The summed E-state index contributed by atoms with van der Waals surface area (Å²) in [5, 5.41) is 1.23. The Balaban J connectivity index is 1.30. The third kappa shape index (κ3) is 3.64. The van der Waals surface area contributed by atoms with Crippen molar-refractivity contribution in [1.82, 2.24) is 24.5 Å². The Morgan fingerprint density at radius 2 is 2.03 bits per heavy atom. The number of anilines is 1. The molecule has 0 radical (unpaired) electrons. The van der Waals surface area contributed by atoms with Crippen LogP contribution in [0, 0.1) is 0 Å². The molecule has 1 aliphatic rings. The molecule has 10 nitrogen and oxygen atoms in total. The number of aromatic nitrogens is 6. The highest BCUT2D eigenvalue weighted by Gasteiger charge is 2.22. The van der Waals surface area contributed by atoms with Gasteiger partial charge in [0.2, 0.25) is 24.1 Å². The largest absolute Gasteiger partial charge is 0.454 e. The molecule has 4 heterocycles. The van der Waals surface area contributed by atoms with Gasteiger partial charge in [-0.3, -0.25) is 9.36 Å². The second kappa shape index (κ2) is 8.29. The highest BCUT2D eigenvalue weighted by Crippen LogP contribution is 2.42. The molecule has 170 valence electrons. The number of nitrogen functional groups attached to an aromatic ring is 1. The number of ether oxygens (including phenoxy) is 2. The first-order valence-electron chi connectivity index (χ1n) is 10.3. The first-order chi connectivity index (χ1) is 16.6. The van der Waals surface area contributed by atoms with E-state index in [4.69, 9.17) is 20.2 Å². The number of hydrogen-bond acceptors (Lipinski definition) is 8. The van der Waals surface area contributed by atoms with Crippen LogP contribution in [0.25, 0.3) is 22.1 Å². The summed E-state index contributed by atoms with van der Waals surface area (Å²) in [4.78, 5) is 30.4. The molecule has 0 aliphatic carbocycles. The smallest absolute Gasteiger partial charge is 0.294 e. The van der Waals surface area contributed by atoms with Crippen LogP contribution in [0.1, 0.15) is 0 Å². The topological polar surface area (TPSA) is 125 Å². The van der Waals surface area contributed by atoms with Crippen LogP contribution in [0.15, 0.2) is 68.4 Å². The number of imidazole rings is 1. The molecule has 0 saturated carbocycles. The number of fused-ring (bicyclic) bond motifs is 3. The summed E-state index contributed by atoms with van der Waals surface area (Å²) in [5.41, 5.74) is 7.98. The van der Waals surface area contributed by atoms with Gasteiger partial charge in [0.1, 0.15) is 0 Å². The molecular formula is C22H17BrN7O3S+. The van der Waals surface area contributed by atoms with E-state index < -0.39 is 0 Å². The lowest BCUT2D eigenvalue weighted by Crippen LogP contribution is -2.39. The Bertz CT molecular complexity index is 1640. The summed E-state index contributed by atoms with van der Waals surface area (Å²) in [5.74, 6) is 1.73. The van der Waals surface area contributed by atoms with Crippen molar-refractivity contribution in [2.75, 3.05) is 12.5 Å². The minimum Gasteiger partial charge on any atom is -0.454 e. The summed E-state index contributed by atoms with van der Waals surface area (Å²) in [6.45, 7) is 1.08. The zero-order chi connectivity index (χ0) is 23.2. The van der Waals surface area contributed by atoms with Crippen molar-refractivity contribution in [3.05, 3.63) is 63.9 Å². The number of nitrogens with zero attached hydrogens (tertiary/aromatic N) is 5. The fraction of sp³-hybridized carbons (Fsp3) is 0.136. The average molecular weight is 539 g/mol. The molecule has 12 heteroatoms. The highest BCUT2D eigenvalue weighted by atomic mass is 79.9. The van der Waals surface area contributed by atoms with Crippen LogP contribution in [0.3, 0.4) is 0 Å². The Kier molecular flexibility index (Phi) is 5.11. The monoisotopic (exact) mass is 538 g/mol. The molecular weight excluding hydrogens is 522 g/mol. The number of benzene rings is 2. The fourth-order valence-corrected chi connectivity index (χ4v) is 5.14. The third-order valence-corrected chi connectivity index (χ3v) is 7.34. The zero-order valence-corrected chi connectivity index (χ0v) is 20.0. The third-order valence-electron chi connectivity index (χ3n) is 5.47. The predicted molar refractivity (Wildman–Crippen MR) is 129 cm³/mol. The second-order valence-electron chi connectivity index (χ2n) is 7.56. The molecule has 1 aliphatic heterocycles. The second-order valence-corrected chi connectivity index (χ2v) is 9.45. The molecule has 3 aromatic heterocycles. The molecule has 5 aromatic rings. The number of para-hydroxylation sites is 1. The zero-order valence-electron chi connectivity index (χ0n) is 17.6. The lowest BCUT2D eigenvalue weighted by atomic mass is 10.2. The number of halogens is 1. The van der Waals surface area contributed by atoms with Crippen molar-refractivity contribution in [3.63, 3.8) is 0 Å². The van der Waals surface area contributed by atoms with E-state index in [9.17, 15) is 4.79 Å². The number of nitrogens with one attached hydrogen (secondary N) is 1. The molecule has 0 unspecified atom stereocenters. The molecule has 2 aromatic carbocycles. The molecule has 0 atom stereocenters. The number of aromatic amines is 1. The van der Waals surface area contributed by atoms with E-state index in [1.807, 2.05) is 34.9 Å². The number of aryl methyl sites for hydroxylation is 2. The van der Waals surface area contributed by atoms with E-state index in [0.29, 0.717) is 57.6 Å². The molecule has 34 heavy (non-hydrogen) atoms. The van der Waals surface area contributed by atoms with E-state index in [1.54, 1.807) is 23.3 Å². The number of nitrogens with two attached hydrogens (primary N) is 1. The van der Waals surface area contributed by atoms with E-state index in [-0.39, 0.29) is 12.4 Å². The lowest BCUT2D eigenvalue weighted by molar-refractivity contribution is -0.677. The number of hydrogen-bond donors (Lipinski definition) is 2. The highest BCUT2D eigenvalue weighted by molar-refractivity contribution is 9.10. The Hall–Kier alpha value is -3.64. The van der Waals surface area contributed by atoms with E-state index >= 15 is 0 Å². The van der Waals surface area contributed by atoms with Gasteiger partial charge in [-0.05, 0) is 52.0 Å². The standard InChI is InChI=1S/C22H16BrN7O3S/c23-13-7-15-16(33-11-32-15)8-17(13)34-22-27-18-19(24)26-10-29(20(18)28-22)5-6-30-9-25-14-4-2-1-3-12(14)21(30)31/h1-4,7-10H,5-6,11H2,(H2,24,27,28)/p+1. The Morgan fingerprint density at radius 1 is 1.21 bits per heavy atom. The first kappa shape index (κ1) is 20.9. The van der Waals surface area contributed by atoms with Gasteiger partial charge < -0.3 is 20.2 Å². The van der Waals surface area contributed by atoms with Crippen molar-refractivity contribution >= 4 is 55.6 Å². The maximum atomic E-state index is 12.8. The summed E-state index contributed by atoms with van der Waals surface area (Å²) in [7, 11) is 0.